The summed E-state index contributed by atoms with van der Waals surface area (Å²) in [5.74, 6) is 1.78. The van der Waals surface area contributed by atoms with E-state index in [9.17, 15) is 0 Å². The van der Waals surface area contributed by atoms with Crippen LogP contribution in [0.15, 0.2) is 24.4 Å². The molecule has 1 aliphatic rings. The van der Waals surface area contributed by atoms with Crippen LogP contribution in [0.4, 0.5) is 5.82 Å². The standard InChI is InChI=1S/C22H23Cl2N3O3/c1-12-6-14-13(9-25-12)7-15(26-21(14)27-10-22(2,11-27)30-5)18-19(23)16(28-3)8-17(29-4)20(18)24/h6-9H,10-11H2,1-5H3. The molecule has 0 bridgehead atoms. The van der Waals surface area contributed by atoms with E-state index >= 15 is 0 Å². The third kappa shape index (κ3) is 3.43. The minimum absolute atomic E-state index is 0.194. The number of fused-ring (bicyclic) bond motifs is 1. The first-order chi connectivity index (χ1) is 14.3. The van der Waals surface area contributed by atoms with E-state index in [1.54, 1.807) is 27.4 Å². The fourth-order valence-corrected chi connectivity index (χ4v) is 4.45. The summed E-state index contributed by atoms with van der Waals surface area (Å²) in [7, 11) is 4.83. The Hall–Kier alpha value is -2.28. The van der Waals surface area contributed by atoms with Crippen LogP contribution in [-0.4, -0.2) is 50.0 Å². The molecular weight excluding hydrogens is 425 g/mol. The fourth-order valence-electron chi connectivity index (χ4n) is 3.75. The highest BCUT2D eigenvalue weighted by molar-refractivity contribution is 6.41. The maximum Gasteiger partial charge on any atom is 0.141 e. The van der Waals surface area contributed by atoms with Crippen LogP contribution in [0.25, 0.3) is 22.0 Å². The molecule has 158 valence electrons. The maximum atomic E-state index is 6.65. The zero-order valence-electron chi connectivity index (χ0n) is 17.5. The molecule has 0 spiro atoms. The zero-order chi connectivity index (χ0) is 21.6. The molecule has 6 nitrogen and oxygen atoms in total. The Kier molecular flexibility index (Phi) is 5.43. The summed E-state index contributed by atoms with van der Waals surface area (Å²) < 4.78 is 16.5. The van der Waals surface area contributed by atoms with Gasteiger partial charge in [-0.25, -0.2) is 4.98 Å². The van der Waals surface area contributed by atoms with Crippen LogP contribution < -0.4 is 14.4 Å². The van der Waals surface area contributed by atoms with Gasteiger partial charge < -0.3 is 19.1 Å². The number of aromatic nitrogens is 2. The number of nitrogens with zero attached hydrogens (tertiary/aromatic N) is 3. The number of hydrogen-bond donors (Lipinski definition) is 0. The lowest BCUT2D eigenvalue weighted by Crippen LogP contribution is -2.61. The van der Waals surface area contributed by atoms with Gasteiger partial charge in [0.15, 0.2) is 0 Å². The van der Waals surface area contributed by atoms with Crippen LogP contribution in [-0.2, 0) is 4.74 Å². The first-order valence-electron chi connectivity index (χ1n) is 9.48. The smallest absolute Gasteiger partial charge is 0.141 e. The van der Waals surface area contributed by atoms with Crippen molar-refractivity contribution in [2.45, 2.75) is 19.4 Å². The number of halogens is 2. The fraction of sp³-hybridized carbons (Fsp3) is 0.364. The van der Waals surface area contributed by atoms with E-state index in [0.29, 0.717) is 32.8 Å². The van der Waals surface area contributed by atoms with E-state index in [0.717, 1.165) is 35.4 Å². The average molecular weight is 448 g/mol. The van der Waals surface area contributed by atoms with Crippen molar-refractivity contribution in [1.29, 1.82) is 0 Å². The van der Waals surface area contributed by atoms with Crippen LogP contribution in [0.3, 0.4) is 0 Å². The number of benzene rings is 1. The number of anilines is 1. The molecule has 0 radical (unpaired) electrons. The molecule has 0 unspecified atom stereocenters. The summed E-state index contributed by atoms with van der Waals surface area (Å²) in [5, 5.41) is 2.73. The average Bonchev–Trinajstić information content (AvgIpc) is 2.71. The van der Waals surface area contributed by atoms with E-state index in [1.807, 2.05) is 25.3 Å². The van der Waals surface area contributed by atoms with Crippen LogP contribution in [0.2, 0.25) is 10.0 Å². The molecule has 1 saturated heterocycles. The van der Waals surface area contributed by atoms with E-state index in [-0.39, 0.29) is 5.60 Å². The largest absolute Gasteiger partial charge is 0.495 e. The van der Waals surface area contributed by atoms with E-state index in [2.05, 4.69) is 16.8 Å². The van der Waals surface area contributed by atoms with Crippen molar-refractivity contribution in [3.63, 3.8) is 0 Å². The van der Waals surface area contributed by atoms with Crippen molar-refractivity contribution in [1.82, 2.24) is 9.97 Å². The first kappa shape index (κ1) is 21.0. The minimum Gasteiger partial charge on any atom is -0.495 e. The first-order valence-corrected chi connectivity index (χ1v) is 10.2. The van der Waals surface area contributed by atoms with Crippen LogP contribution in [0.5, 0.6) is 11.5 Å². The lowest BCUT2D eigenvalue weighted by Gasteiger charge is -2.47. The summed E-state index contributed by atoms with van der Waals surface area (Å²) in [6.07, 6.45) is 1.84. The molecule has 8 heteroatoms. The quantitative estimate of drug-likeness (QED) is 0.538. The summed E-state index contributed by atoms with van der Waals surface area (Å²) in [5.41, 5.74) is 1.92. The Labute approximate surface area is 185 Å². The molecule has 30 heavy (non-hydrogen) atoms. The summed E-state index contributed by atoms with van der Waals surface area (Å²) in [4.78, 5) is 11.6. The maximum absolute atomic E-state index is 6.65. The monoisotopic (exact) mass is 447 g/mol. The number of methoxy groups -OCH3 is 3. The number of rotatable bonds is 5. The normalized spacial score (nSPS) is 15.2. The van der Waals surface area contributed by atoms with Gasteiger partial charge in [0.1, 0.15) is 17.3 Å². The van der Waals surface area contributed by atoms with Gasteiger partial charge in [0.2, 0.25) is 0 Å². The number of hydrogen-bond acceptors (Lipinski definition) is 6. The minimum atomic E-state index is -0.194. The lowest BCUT2D eigenvalue weighted by molar-refractivity contribution is -0.0169. The highest BCUT2D eigenvalue weighted by Crippen LogP contribution is 2.47. The predicted octanol–water partition coefficient (Wildman–Crippen LogP) is 5.15. The highest BCUT2D eigenvalue weighted by Gasteiger charge is 2.40. The van der Waals surface area contributed by atoms with Crippen molar-refractivity contribution >= 4 is 39.8 Å². The van der Waals surface area contributed by atoms with Crippen molar-refractivity contribution < 1.29 is 14.2 Å². The molecule has 4 rings (SSSR count). The third-order valence-corrected chi connectivity index (χ3v) is 6.25. The third-order valence-electron chi connectivity index (χ3n) is 5.50. The van der Waals surface area contributed by atoms with E-state index in [1.165, 1.54) is 0 Å². The van der Waals surface area contributed by atoms with Gasteiger partial charge in [0.05, 0.1) is 35.6 Å². The Morgan fingerprint density at radius 2 is 1.63 bits per heavy atom. The number of aryl methyl sites for hydroxylation is 1. The molecule has 3 heterocycles. The van der Waals surface area contributed by atoms with E-state index in [4.69, 9.17) is 42.4 Å². The predicted molar refractivity (Wildman–Crippen MR) is 120 cm³/mol. The molecule has 0 aliphatic carbocycles. The summed E-state index contributed by atoms with van der Waals surface area (Å²) in [6, 6.07) is 5.65. The zero-order valence-corrected chi connectivity index (χ0v) is 19.1. The molecule has 0 amide bonds. The van der Waals surface area contributed by atoms with Gasteiger partial charge in [-0.15, -0.1) is 0 Å². The Bertz CT molecular complexity index is 1100. The number of ether oxygens (including phenoxy) is 3. The molecule has 0 atom stereocenters. The summed E-state index contributed by atoms with van der Waals surface area (Å²) >= 11 is 13.3. The van der Waals surface area contributed by atoms with Gasteiger partial charge in [-0.05, 0) is 26.0 Å². The SMILES string of the molecule is COc1cc(OC)c(Cl)c(-c2cc3cnc(C)cc3c(N3CC(C)(OC)C3)n2)c1Cl. The van der Waals surface area contributed by atoms with Gasteiger partial charge in [-0.1, -0.05) is 23.2 Å². The van der Waals surface area contributed by atoms with Gasteiger partial charge in [0, 0.05) is 54.5 Å². The van der Waals surface area contributed by atoms with Crippen LogP contribution in [0.1, 0.15) is 12.6 Å². The number of pyridine rings is 2. The Morgan fingerprint density at radius 1 is 1.00 bits per heavy atom. The molecule has 0 saturated carbocycles. The molecule has 1 aromatic carbocycles. The topological polar surface area (TPSA) is 56.7 Å². The second kappa shape index (κ2) is 7.76. The molecular formula is C22H23Cl2N3O3. The highest BCUT2D eigenvalue weighted by atomic mass is 35.5. The Morgan fingerprint density at radius 3 is 2.20 bits per heavy atom. The molecule has 3 aromatic rings. The van der Waals surface area contributed by atoms with E-state index < -0.39 is 0 Å². The second-order valence-corrected chi connectivity index (χ2v) is 8.43. The van der Waals surface area contributed by atoms with Gasteiger partial charge in [0.25, 0.3) is 0 Å². The van der Waals surface area contributed by atoms with Crippen molar-refractivity contribution in [3.05, 3.63) is 40.1 Å². The van der Waals surface area contributed by atoms with Gasteiger partial charge in [-0.2, -0.15) is 0 Å². The van der Waals surface area contributed by atoms with Crippen LogP contribution >= 0.6 is 23.2 Å². The molecule has 1 aliphatic heterocycles. The van der Waals surface area contributed by atoms with Crippen molar-refractivity contribution in [3.8, 4) is 22.8 Å². The van der Waals surface area contributed by atoms with Gasteiger partial charge >= 0.3 is 0 Å². The summed E-state index contributed by atoms with van der Waals surface area (Å²) in [6.45, 7) is 5.52. The van der Waals surface area contributed by atoms with Crippen molar-refractivity contribution in [2.24, 2.45) is 0 Å². The van der Waals surface area contributed by atoms with Crippen molar-refractivity contribution in [2.75, 3.05) is 39.3 Å². The molecule has 1 fully saturated rings. The van der Waals surface area contributed by atoms with Crippen LogP contribution in [0, 0.1) is 6.92 Å². The lowest BCUT2D eigenvalue weighted by atomic mass is 9.95. The molecule has 0 N–H and O–H groups in total. The Balaban J connectivity index is 1.95. The molecule has 2 aromatic heterocycles. The second-order valence-electron chi connectivity index (χ2n) is 7.67. The van der Waals surface area contributed by atoms with Gasteiger partial charge in [-0.3, -0.25) is 4.98 Å².